The lowest BCUT2D eigenvalue weighted by atomic mass is 9.88. The minimum Gasteiger partial charge on any atom is -0.497 e. The van der Waals surface area contributed by atoms with E-state index in [1.54, 1.807) is 14.2 Å². The summed E-state index contributed by atoms with van der Waals surface area (Å²) < 4.78 is 10.9. The van der Waals surface area contributed by atoms with Crippen LogP contribution < -0.4 is 20.1 Å². The Hall–Kier alpha value is -1.46. The van der Waals surface area contributed by atoms with Crippen LogP contribution in [0.25, 0.3) is 0 Å². The molecule has 128 valence electrons. The Bertz CT molecular complexity index is 533. The molecule has 1 aliphatic carbocycles. The highest BCUT2D eigenvalue weighted by atomic mass is 16.5. The molecule has 23 heavy (non-hydrogen) atoms. The number of aliphatic hydroxyl groups is 1. The van der Waals surface area contributed by atoms with Gasteiger partial charge in [-0.15, -0.1) is 0 Å². The SMILES string of the molecule is COc1ccc(OC)c(N2CC(N)CC(CC(O)C3CC3)C2)c1. The highest BCUT2D eigenvalue weighted by Crippen LogP contribution is 2.38. The summed E-state index contributed by atoms with van der Waals surface area (Å²) in [5.41, 5.74) is 7.31. The molecule has 5 nitrogen and oxygen atoms in total. The molecule has 3 atom stereocenters. The van der Waals surface area contributed by atoms with E-state index in [0.717, 1.165) is 43.1 Å². The van der Waals surface area contributed by atoms with Crippen LogP contribution in [0.2, 0.25) is 0 Å². The Morgan fingerprint density at radius 2 is 2.04 bits per heavy atom. The van der Waals surface area contributed by atoms with Crippen molar-refractivity contribution < 1.29 is 14.6 Å². The number of benzene rings is 1. The molecule has 0 radical (unpaired) electrons. The van der Waals surface area contributed by atoms with Crippen molar-refractivity contribution in [1.82, 2.24) is 0 Å². The molecule has 3 rings (SSSR count). The molecule has 1 saturated heterocycles. The molecule has 0 spiro atoms. The molecule has 0 bridgehead atoms. The second-order valence-electron chi connectivity index (χ2n) is 6.95. The number of aliphatic hydroxyl groups excluding tert-OH is 1. The maximum Gasteiger partial charge on any atom is 0.142 e. The van der Waals surface area contributed by atoms with Gasteiger partial charge in [-0.2, -0.15) is 0 Å². The van der Waals surface area contributed by atoms with Crippen LogP contribution in [-0.2, 0) is 0 Å². The van der Waals surface area contributed by atoms with Crippen molar-refractivity contribution in [2.24, 2.45) is 17.6 Å². The van der Waals surface area contributed by atoms with Gasteiger partial charge in [0.15, 0.2) is 0 Å². The summed E-state index contributed by atoms with van der Waals surface area (Å²) >= 11 is 0. The predicted octanol–water partition coefficient (Wildman–Crippen LogP) is 2.02. The van der Waals surface area contributed by atoms with Gasteiger partial charge in [-0.25, -0.2) is 0 Å². The predicted molar refractivity (Wildman–Crippen MR) is 91.2 cm³/mol. The van der Waals surface area contributed by atoms with Crippen LogP contribution in [0.4, 0.5) is 5.69 Å². The van der Waals surface area contributed by atoms with Crippen molar-refractivity contribution in [3.8, 4) is 11.5 Å². The highest BCUT2D eigenvalue weighted by molar-refractivity contribution is 5.62. The normalized spacial score (nSPS) is 26.0. The monoisotopic (exact) mass is 320 g/mol. The van der Waals surface area contributed by atoms with Crippen molar-refractivity contribution in [2.45, 2.75) is 37.8 Å². The van der Waals surface area contributed by atoms with Gasteiger partial charge in [-0.3, -0.25) is 0 Å². The van der Waals surface area contributed by atoms with E-state index < -0.39 is 0 Å². The van der Waals surface area contributed by atoms with Gasteiger partial charge in [0.05, 0.1) is 26.0 Å². The van der Waals surface area contributed by atoms with Gasteiger partial charge < -0.3 is 25.2 Å². The van der Waals surface area contributed by atoms with Crippen LogP contribution in [0, 0.1) is 11.8 Å². The summed E-state index contributed by atoms with van der Waals surface area (Å²) in [4.78, 5) is 2.28. The average Bonchev–Trinajstić information content (AvgIpc) is 3.38. The van der Waals surface area contributed by atoms with Gasteiger partial charge in [0.1, 0.15) is 11.5 Å². The minimum atomic E-state index is -0.167. The molecule has 5 heteroatoms. The zero-order valence-corrected chi connectivity index (χ0v) is 14.1. The first-order chi connectivity index (χ1) is 11.1. The molecule has 1 heterocycles. The Morgan fingerprint density at radius 1 is 1.26 bits per heavy atom. The van der Waals surface area contributed by atoms with E-state index in [4.69, 9.17) is 15.2 Å². The molecule has 1 saturated carbocycles. The summed E-state index contributed by atoms with van der Waals surface area (Å²) in [5.74, 6) is 2.59. The van der Waals surface area contributed by atoms with Crippen molar-refractivity contribution in [2.75, 3.05) is 32.2 Å². The average molecular weight is 320 g/mol. The first kappa shape index (κ1) is 16.4. The van der Waals surface area contributed by atoms with Crippen molar-refractivity contribution >= 4 is 5.69 Å². The van der Waals surface area contributed by atoms with Crippen LogP contribution in [0.5, 0.6) is 11.5 Å². The second kappa shape index (κ2) is 6.97. The fourth-order valence-electron chi connectivity index (χ4n) is 3.67. The zero-order chi connectivity index (χ0) is 16.4. The van der Waals surface area contributed by atoms with Crippen molar-refractivity contribution in [1.29, 1.82) is 0 Å². The minimum absolute atomic E-state index is 0.121. The fraction of sp³-hybridized carbons (Fsp3) is 0.667. The van der Waals surface area contributed by atoms with Gasteiger partial charge >= 0.3 is 0 Å². The number of rotatable bonds is 6. The smallest absolute Gasteiger partial charge is 0.142 e. The number of hydrogen-bond acceptors (Lipinski definition) is 5. The maximum atomic E-state index is 10.3. The summed E-state index contributed by atoms with van der Waals surface area (Å²) in [6, 6.07) is 5.96. The van der Waals surface area contributed by atoms with Crippen LogP contribution in [-0.4, -0.2) is 44.6 Å². The number of methoxy groups -OCH3 is 2. The van der Waals surface area contributed by atoms with Gasteiger partial charge in [0.25, 0.3) is 0 Å². The molecule has 1 aromatic carbocycles. The lowest BCUT2D eigenvalue weighted by Gasteiger charge is -2.39. The van der Waals surface area contributed by atoms with Crippen LogP contribution in [0.3, 0.4) is 0 Å². The summed E-state index contributed by atoms with van der Waals surface area (Å²) in [5, 5.41) is 10.3. The zero-order valence-electron chi connectivity index (χ0n) is 14.1. The number of anilines is 1. The van der Waals surface area contributed by atoms with E-state index in [1.165, 1.54) is 12.8 Å². The molecule has 2 aliphatic rings. The number of hydrogen-bond donors (Lipinski definition) is 2. The second-order valence-corrected chi connectivity index (χ2v) is 6.95. The lowest BCUT2D eigenvalue weighted by Crippen LogP contribution is -2.48. The Morgan fingerprint density at radius 3 is 2.70 bits per heavy atom. The van der Waals surface area contributed by atoms with E-state index in [1.807, 2.05) is 18.2 Å². The molecule has 1 aromatic rings. The van der Waals surface area contributed by atoms with E-state index in [9.17, 15) is 5.11 Å². The topological polar surface area (TPSA) is 68.0 Å². The Balaban J connectivity index is 1.75. The molecule has 3 N–H and O–H groups in total. The number of nitrogens with two attached hydrogens (primary N) is 1. The molecular formula is C18H28N2O3. The molecule has 1 aliphatic heterocycles. The van der Waals surface area contributed by atoms with Gasteiger partial charge in [0.2, 0.25) is 0 Å². The summed E-state index contributed by atoms with van der Waals surface area (Å²) in [7, 11) is 3.35. The number of ether oxygens (including phenoxy) is 2. The number of nitrogens with zero attached hydrogens (tertiary/aromatic N) is 1. The third-order valence-corrected chi connectivity index (χ3v) is 5.04. The Kier molecular flexibility index (Phi) is 4.97. The van der Waals surface area contributed by atoms with Crippen LogP contribution in [0.1, 0.15) is 25.7 Å². The quantitative estimate of drug-likeness (QED) is 0.839. The lowest BCUT2D eigenvalue weighted by molar-refractivity contribution is 0.114. The first-order valence-corrected chi connectivity index (χ1v) is 8.51. The highest BCUT2D eigenvalue weighted by Gasteiger charge is 2.34. The van der Waals surface area contributed by atoms with E-state index in [-0.39, 0.29) is 12.1 Å². The summed E-state index contributed by atoms with van der Waals surface area (Å²) in [6.07, 6.45) is 4.01. The van der Waals surface area contributed by atoms with Crippen LogP contribution >= 0.6 is 0 Å². The first-order valence-electron chi connectivity index (χ1n) is 8.51. The molecule has 0 amide bonds. The molecule has 0 aromatic heterocycles. The van der Waals surface area contributed by atoms with E-state index >= 15 is 0 Å². The van der Waals surface area contributed by atoms with E-state index in [2.05, 4.69) is 4.90 Å². The maximum absolute atomic E-state index is 10.3. The molecule has 2 fully saturated rings. The van der Waals surface area contributed by atoms with Crippen molar-refractivity contribution in [3.63, 3.8) is 0 Å². The van der Waals surface area contributed by atoms with Gasteiger partial charge in [0, 0.05) is 25.2 Å². The largest absolute Gasteiger partial charge is 0.497 e. The van der Waals surface area contributed by atoms with Crippen LogP contribution in [0.15, 0.2) is 18.2 Å². The number of piperidine rings is 1. The summed E-state index contributed by atoms with van der Waals surface area (Å²) in [6.45, 7) is 1.71. The standard InChI is InChI=1S/C18H28N2O3/c1-22-15-5-6-18(23-2)16(9-15)20-10-12(7-14(19)11-20)8-17(21)13-3-4-13/h5-6,9,12-14,17,21H,3-4,7-8,10-11,19H2,1-2H3. The van der Waals surface area contributed by atoms with Crippen molar-refractivity contribution in [3.05, 3.63) is 18.2 Å². The fourth-order valence-corrected chi connectivity index (χ4v) is 3.67. The third kappa shape index (κ3) is 3.90. The van der Waals surface area contributed by atoms with Gasteiger partial charge in [-0.05, 0) is 49.7 Å². The van der Waals surface area contributed by atoms with Gasteiger partial charge in [-0.1, -0.05) is 0 Å². The molecule has 3 unspecified atom stereocenters. The van der Waals surface area contributed by atoms with E-state index in [0.29, 0.717) is 11.8 Å². The Labute approximate surface area is 138 Å². The third-order valence-electron chi connectivity index (χ3n) is 5.04. The molecular weight excluding hydrogens is 292 g/mol.